The quantitative estimate of drug-likeness (QED) is 0.660. The van der Waals surface area contributed by atoms with Gasteiger partial charge in [0.15, 0.2) is 0 Å². The van der Waals surface area contributed by atoms with E-state index in [1.165, 1.54) is 36.8 Å². The van der Waals surface area contributed by atoms with Crippen molar-refractivity contribution >= 4 is 0 Å². The van der Waals surface area contributed by atoms with Gasteiger partial charge in [-0.15, -0.1) is 12.8 Å². The maximum absolute atomic E-state index is 5.52. The molecule has 2 atom stereocenters. The van der Waals surface area contributed by atoms with Gasteiger partial charge in [0.2, 0.25) is 0 Å². The normalized spacial score (nSPS) is 28.2. The molecule has 2 aliphatic carbocycles. The predicted molar refractivity (Wildman–Crippen MR) is 88.2 cm³/mol. The molecule has 2 heterocycles. The predicted octanol–water partition coefficient (Wildman–Crippen LogP) is 4.49. The van der Waals surface area contributed by atoms with Crippen LogP contribution >= 0.6 is 0 Å². The molecule has 4 aliphatic rings. The Hall–Kier alpha value is -0.237. The standard InChI is InChI=1S/2C10H13O.Zr/c2*1-2-5-9(4-1)8-10-6-3-7-11-10;/h2*1,4,10H,2-3,6-8H2;/q2*-1;+2. The summed E-state index contributed by atoms with van der Waals surface area (Å²) >= 11 is 0. The summed E-state index contributed by atoms with van der Waals surface area (Å²) in [5, 5.41) is 0. The number of hydrogen-bond donors (Lipinski definition) is 0. The fourth-order valence-electron chi connectivity index (χ4n) is 3.28. The molecule has 2 saturated heterocycles. The van der Waals surface area contributed by atoms with Crippen LogP contribution in [0.5, 0.6) is 0 Å². The molecular formula is C20H26O2Zr. The Morgan fingerprint density at radius 3 is 1.61 bits per heavy atom. The average molecular weight is 390 g/mol. The van der Waals surface area contributed by atoms with Crippen LogP contribution in [-0.2, 0) is 35.7 Å². The minimum Gasteiger partial charge on any atom is -0.378 e. The van der Waals surface area contributed by atoms with E-state index in [-0.39, 0.29) is 26.2 Å². The monoisotopic (exact) mass is 388 g/mol. The molecule has 23 heavy (non-hydrogen) atoms. The summed E-state index contributed by atoms with van der Waals surface area (Å²) in [7, 11) is 0. The Bertz CT molecular complexity index is 420. The van der Waals surface area contributed by atoms with Gasteiger partial charge < -0.3 is 9.47 Å². The van der Waals surface area contributed by atoms with Gasteiger partial charge in [-0.1, -0.05) is 0 Å². The van der Waals surface area contributed by atoms with Gasteiger partial charge in [-0.2, -0.15) is 12.2 Å². The molecule has 0 aromatic rings. The molecule has 0 radical (unpaired) electrons. The summed E-state index contributed by atoms with van der Waals surface area (Å²) in [4.78, 5) is 0. The van der Waals surface area contributed by atoms with Crippen LogP contribution in [0, 0.1) is 12.2 Å². The van der Waals surface area contributed by atoms with E-state index in [0.29, 0.717) is 12.2 Å². The van der Waals surface area contributed by atoms with Crippen molar-refractivity contribution in [3.05, 3.63) is 47.6 Å². The smallest absolute Gasteiger partial charge is 0.378 e. The SMILES string of the molecule is [C-]1=C(CC2CCCO2)C=CC1.[C-]1=C(CC2CCCO2)C=CC1.[Zr+2]. The third-order valence-corrected chi connectivity index (χ3v) is 4.48. The van der Waals surface area contributed by atoms with E-state index in [2.05, 4.69) is 36.5 Å². The minimum atomic E-state index is 0. The van der Waals surface area contributed by atoms with Crippen molar-refractivity contribution in [2.75, 3.05) is 13.2 Å². The van der Waals surface area contributed by atoms with Crippen LogP contribution in [0.3, 0.4) is 0 Å². The maximum Gasteiger partial charge on any atom is 2.00 e. The van der Waals surface area contributed by atoms with Gasteiger partial charge in [0, 0.05) is 13.2 Å². The number of allylic oxidation sites excluding steroid dienone is 6. The van der Waals surface area contributed by atoms with Crippen LogP contribution < -0.4 is 0 Å². The van der Waals surface area contributed by atoms with E-state index in [1.807, 2.05) is 0 Å². The molecule has 3 heteroatoms. The van der Waals surface area contributed by atoms with E-state index in [9.17, 15) is 0 Å². The molecule has 122 valence electrons. The van der Waals surface area contributed by atoms with Crippen molar-refractivity contribution in [2.24, 2.45) is 0 Å². The van der Waals surface area contributed by atoms with E-state index >= 15 is 0 Å². The van der Waals surface area contributed by atoms with Gasteiger partial charge in [-0.3, -0.25) is 12.2 Å². The first kappa shape index (κ1) is 19.1. The molecular weight excluding hydrogens is 363 g/mol. The second-order valence-electron chi connectivity index (χ2n) is 6.30. The first-order valence-electron chi connectivity index (χ1n) is 8.66. The molecule has 0 spiro atoms. The summed E-state index contributed by atoms with van der Waals surface area (Å²) in [6.07, 6.45) is 25.4. The van der Waals surface area contributed by atoms with E-state index in [4.69, 9.17) is 9.47 Å². The van der Waals surface area contributed by atoms with Crippen LogP contribution in [-0.4, -0.2) is 25.4 Å². The first-order valence-corrected chi connectivity index (χ1v) is 8.66. The summed E-state index contributed by atoms with van der Waals surface area (Å²) in [5.41, 5.74) is 2.69. The van der Waals surface area contributed by atoms with Crippen LogP contribution in [0.2, 0.25) is 0 Å². The van der Waals surface area contributed by atoms with Crippen molar-refractivity contribution in [3.63, 3.8) is 0 Å². The van der Waals surface area contributed by atoms with Crippen LogP contribution in [0.15, 0.2) is 35.5 Å². The summed E-state index contributed by atoms with van der Waals surface area (Å²) < 4.78 is 11.0. The molecule has 2 nitrogen and oxygen atoms in total. The topological polar surface area (TPSA) is 18.5 Å². The average Bonchev–Trinajstić information content (AvgIpc) is 3.31. The Morgan fingerprint density at radius 1 is 0.826 bits per heavy atom. The Balaban J connectivity index is 0.000000160. The van der Waals surface area contributed by atoms with Crippen molar-refractivity contribution in [1.82, 2.24) is 0 Å². The second kappa shape index (κ2) is 10.6. The van der Waals surface area contributed by atoms with Crippen LogP contribution in [0.4, 0.5) is 0 Å². The summed E-state index contributed by atoms with van der Waals surface area (Å²) in [6, 6.07) is 0. The molecule has 0 aromatic carbocycles. The zero-order valence-corrected chi connectivity index (χ0v) is 16.3. The molecule has 2 unspecified atom stereocenters. The fraction of sp³-hybridized carbons (Fsp3) is 0.600. The van der Waals surface area contributed by atoms with Gasteiger partial charge in [0.1, 0.15) is 0 Å². The minimum absolute atomic E-state index is 0. The summed E-state index contributed by atoms with van der Waals surface area (Å²) in [5.74, 6) is 0. The molecule has 4 rings (SSSR count). The van der Waals surface area contributed by atoms with Crippen LogP contribution in [0.1, 0.15) is 51.4 Å². The zero-order chi connectivity index (χ0) is 15.0. The number of ether oxygens (including phenoxy) is 2. The number of rotatable bonds is 4. The molecule has 0 saturated carbocycles. The van der Waals surface area contributed by atoms with Crippen molar-refractivity contribution < 1.29 is 35.7 Å². The maximum atomic E-state index is 5.52. The molecule has 0 bridgehead atoms. The van der Waals surface area contributed by atoms with E-state index in [1.54, 1.807) is 0 Å². The van der Waals surface area contributed by atoms with Gasteiger partial charge >= 0.3 is 26.2 Å². The fourth-order valence-corrected chi connectivity index (χ4v) is 3.28. The van der Waals surface area contributed by atoms with E-state index in [0.717, 1.165) is 38.9 Å². The Labute approximate surface area is 159 Å². The molecule has 2 fully saturated rings. The van der Waals surface area contributed by atoms with Crippen molar-refractivity contribution in [3.8, 4) is 0 Å². The van der Waals surface area contributed by atoms with Gasteiger partial charge in [0.25, 0.3) is 0 Å². The van der Waals surface area contributed by atoms with Gasteiger partial charge in [-0.05, 0) is 38.5 Å². The van der Waals surface area contributed by atoms with Crippen LogP contribution in [0.25, 0.3) is 0 Å². The largest absolute Gasteiger partial charge is 2.00 e. The first-order chi connectivity index (χ1) is 10.9. The third kappa shape index (κ3) is 6.65. The molecule has 0 aromatic heterocycles. The molecule has 2 aliphatic heterocycles. The second-order valence-corrected chi connectivity index (χ2v) is 6.30. The Morgan fingerprint density at radius 2 is 1.30 bits per heavy atom. The zero-order valence-electron chi connectivity index (χ0n) is 13.9. The number of hydrogen-bond acceptors (Lipinski definition) is 2. The van der Waals surface area contributed by atoms with Crippen molar-refractivity contribution in [1.29, 1.82) is 0 Å². The van der Waals surface area contributed by atoms with Gasteiger partial charge in [-0.25, -0.2) is 23.3 Å². The molecule has 0 N–H and O–H groups in total. The van der Waals surface area contributed by atoms with E-state index < -0.39 is 0 Å². The van der Waals surface area contributed by atoms with Crippen molar-refractivity contribution in [2.45, 2.75) is 63.6 Å². The summed E-state index contributed by atoms with van der Waals surface area (Å²) in [6.45, 7) is 1.92. The van der Waals surface area contributed by atoms with Gasteiger partial charge in [0.05, 0.1) is 12.2 Å². The third-order valence-electron chi connectivity index (χ3n) is 4.48. The molecule has 0 amide bonds. The Kier molecular flexibility index (Phi) is 8.79.